The molecule has 1 unspecified atom stereocenters. The number of fused-ring (bicyclic) bond motifs is 1. The summed E-state index contributed by atoms with van der Waals surface area (Å²) in [5, 5.41) is 8.60. The van der Waals surface area contributed by atoms with E-state index in [2.05, 4.69) is 16.5 Å². The third kappa shape index (κ3) is 2.19. The van der Waals surface area contributed by atoms with Gasteiger partial charge in [-0.05, 0) is 12.8 Å². The highest BCUT2D eigenvalue weighted by Gasteiger charge is 2.18. The van der Waals surface area contributed by atoms with Gasteiger partial charge < -0.3 is 9.67 Å². The summed E-state index contributed by atoms with van der Waals surface area (Å²) < 4.78 is 2.17. The molecule has 4 heteroatoms. The molecule has 0 aliphatic carbocycles. The number of imidazole rings is 1. The van der Waals surface area contributed by atoms with Gasteiger partial charge in [0.05, 0.1) is 12.1 Å². The molecule has 4 nitrogen and oxygen atoms in total. The Kier molecular flexibility index (Phi) is 2.75. The van der Waals surface area contributed by atoms with Gasteiger partial charge in [0.1, 0.15) is 5.82 Å². The molecule has 0 saturated heterocycles. The second kappa shape index (κ2) is 4.04. The summed E-state index contributed by atoms with van der Waals surface area (Å²) in [5.74, 6) is 0.882. The Hall–Kier alpha value is -1.32. The molecular weight excluding hydrogens is 192 g/mol. The van der Waals surface area contributed by atoms with Crippen molar-refractivity contribution < 1.29 is 9.90 Å². The van der Waals surface area contributed by atoms with Gasteiger partial charge in [0, 0.05) is 25.1 Å². The number of hydrogen-bond donors (Lipinski definition) is 1. The Labute approximate surface area is 88.9 Å². The van der Waals surface area contributed by atoms with E-state index in [1.165, 1.54) is 12.8 Å². The van der Waals surface area contributed by atoms with Gasteiger partial charge >= 0.3 is 5.97 Å². The van der Waals surface area contributed by atoms with Crippen LogP contribution in [0.1, 0.15) is 43.6 Å². The van der Waals surface area contributed by atoms with Gasteiger partial charge in [-0.25, -0.2) is 4.98 Å². The minimum Gasteiger partial charge on any atom is -0.481 e. The van der Waals surface area contributed by atoms with Crippen LogP contribution >= 0.6 is 0 Å². The standard InChI is InChI=1S/C11H16N2O2/c1-8-3-2-6-13-7-9(12-11(8)13)4-5-10(14)15/h7-8H,2-6H2,1H3,(H,14,15). The second-order valence-corrected chi connectivity index (χ2v) is 4.22. The second-order valence-electron chi connectivity index (χ2n) is 4.22. The van der Waals surface area contributed by atoms with Crippen molar-refractivity contribution in [3.05, 3.63) is 17.7 Å². The monoisotopic (exact) mass is 208 g/mol. The van der Waals surface area contributed by atoms with E-state index in [1.807, 2.05) is 6.20 Å². The summed E-state index contributed by atoms with van der Waals surface area (Å²) in [6, 6.07) is 0. The Bertz CT molecular complexity index is 371. The molecule has 1 aliphatic heterocycles. The smallest absolute Gasteiger partial charge is 0.303 e. The molecule has 1 aromatic rings. The Morgan fingerprint density at radius 1 is 1.73 bits per heavy atom. The van der Waals surface area contributed by atoms with Gasteiger partial charge in [0.15, 0.2) is 0 Å². The van der Waals surface area contributed by atoms with Crippen LogP contribution in [0.3, 0.4) is 0 Å². The van der Waals surface area contributed by atoms with Gasteiger partial charge in [-0.1, -0.05) is 6.92 Å². The highest BCUT2D eigenvalue weighted by Crippen LogP contribution is 2.26. The van der Waals surface area contributed by atoms with Gasteiger partial charge in [-0.15, -0.1) is 0 Å². The van der Waals surface area contributed by atoms with Crippen LogP contribution in [0.5, 0.6) is 0 Å². The lowest BCUT2D eigenvalue weighted by Gasteiger charge is -2.19. The number of aryl methyl sites for hydroxylation is 2. The molecule has 0 aromatic carbocycles. The van der Waals surface area contributed by atoms with E-state index in [0.29, 0.717) is 12.3 Å². The van der Waals surface area contributed by atoms with E-state index in [-0.39, 0.29) is 6.42 Å². The lowest BCUT2D eigenvalue weighted by molar-refractivity contribution is -0.136. The summed E-state index contributed by atoms with van der Waals surface area (Å²) >= 11 is 0. The maximum Gasteiger partial charge on any atom is 0.303 e. The average molecular weight is 208 g/mol. The number of aliphatic carboxylic acids is 1. The predicted molar refractivity (Wildman–Crippen MR) is 55.8 cm³/mol. The quantitative estimate of drug-likeness (QED) is 0.824. The maximum atomic E-state index is 10.4. The fourth-order valence-corrected chi connectivity index (χ4v) is 2.11. The van der Waals surface area contributed by atoms with E-state index in [0.717, 1.165) is 18.1 Å². The lowest BCUT2D eigenvalue weighted by atomic mass is 10.0. The molecule has 0 saturated carbocycles. The van der Waals surface area contributed by atoms with Crippen molar-refractivity contribution in [1.29, 1.82) is 0 Å². The van der Waals surface area contributed by atoms with E-state index in [4.69, 9.17) is 5.11 Å². The van der Waals surface area contributed by atoms with Crippen molar-refractivity contribution in [3.63, 3.8) is 0 Å². The first-order chi connectivity index (χ1) is 7.16. The summed E-state index contributed by atoms with van der Waals surface area (Å²) in [6.07, 6.45) is 5.11. The van der Waals surface area contributed by atoms with E-state index >= 15 is 0 Å². The van der Waals surface area contributed by atoms with E-state index in [1.54, 1.807) is 0 Å². The normalized spacial score (nSPS) is 19.9. The van der Waals surface area contributed by atoms with E-state index < -0.39 is 5.97 Å². The van der Waals surface area contributed by atoms with Gasteiger partial charge in [-0.3, -0.25) is 4.79 Å². The van der Waals surface area contributed by atoms with Crippen molar-refractivity contribution in [2.24, 2.45) is 0 Å². The van der Waals surface area contributed by atoms with E-state index in [9.17, 15) is 4.79 Å². The molecule has 0 spiro atoms. The zero-order chi connectivity index (χ0) is 10.8. The van der Waals surface area contributed by atoms with Crippen molar-refractivity contribution in [2.75, 3.05) is 0 Å². The van der Waals surface area contributed by atoms with Gasteiger partial charge in [0.25, 0.3) is 0 Å². The predicted octanol–water partition coefficient (Wildman–Crippen LogP) is 1.80. The summed E-state index contributed by atoms with van der Waals surface area (Å²) in [6.45, 7) is 3.21. The molecule has 0 amide bonds. The first-order valence-electron chi connectivity index (χ1n) is 5.44. The van der Waals surface area contributed by atoms with Crippen LogP contribution in [0, 0.1) is 0 Å². The Balaban J connectivity index is 2.11. The molecule has 1 aromatic heterocycles. The molecule has 0 radical (unpaired) electrons. The van der Waals surface area contributed by atoms with Crippen LogP contribution in [0.15, 0.2) is 6.20 Å². The molecule has 2 heterocycles. The summed E-state index contributed by atoms with van der Waals surface area (Å²) in [5.41, 5.74) is 0.918. The average Bonchev–Trinajstić information content (AvgIpc) is 2.59. The SMILES string of the molecule is CC1CCCn2cc(CCC(=O)O)nc21. The first kappa shape index (κ1) is 10.2. The highest BCUT2D eigenvalue weighted by molar-refractivity contribution is 5.66. The molecule has 2 rings (SSSR count). The fraction of sp³-hybridized carbons (Fsp3) is 0.636. The third-order valence-corrected chi connectivity index (χ3v) is 2.93. The molecule has 82 valence electrons. The molecule has 1 atom stereocenters. The number of carbonyl (C=O) groups is 1. The molecule has 15 heavy (non-hydrogen) atoms. The number of carboxylic acid groups (broad SMARTS) is 1. The maximum absolute atomic E-state index is 10.4. The van der Waals surface area contributed by atoms with Crippen molar-refractivity contribution in [1.82, 2.24) is 9.55 Å². The van der Waals surface area contributed by atoms with Crippen LogP contribution in [0.25, 0.3) is 0 Å². The first-order valence-corrected chi connectivity index (χ1v) is 5.44. The van der Waals surface area contributed by atoms with Crippen LogP contribution in [-0.4, -0.2) is 20.6 Å². The number of hydrogen-bond acceptors (Lipinski definition) is 2. The summed E-state index contributed by atoms with van der Waals surface area (Å²) in [4.78, 5) is 14.9. The van der Waals surface area contributed by atoms with Gasteiger partial charge in [-0.2, -0.15) is 0 Å². The third-order valence-electron chi connectivity index (χ3n) is 2.93. The van der Waals surface area contributed by atoms with Crippen LogP contribution < -0.4 is 0 Å². The van der Waals surface area contributed by atoms with Crippen molar-refractivity contribution in [2.45, 2.75) is 45.1 Å². The molecule has 1 aliphatic rings. The minimum atomic E-state index is -0.756. The summed E-state index contributed by atoms with van der Waals surface area (Å²) in [7, 11) is 0. The molecule has 1 N–H and O–H groups in total. The number of nitrogens with zero attached hydrogens (tertiary/aromatic N) is 2. The Morgan fingerprint density at radius 2 is 2.53 bits per heavy atom. The topological polar surface area (TPSA) is 55.1 Å². The van der Waals surface area contributed by atoms with Crippen molar-refractivity contribution >= 4 is 5.97 Å². The highest BCUT2D eigenvalue weighted by atomic mass is 16.4. The number of carboxylic acids is 1. The van der Waals surface area contributed by atoms with Crippen LogP contribution in [-0.2, 0) is 17.8 Å². The largest absolute Gasteiger partial charge is 0.481 e. The number of rotatable bonds is 3. The van der Waals surface area contributed by atoms with Crippen LogP contribution in [0.4, 0.5) is 0 Å². The zero-order valence-electron chi connectivity index (χ0n) is 8.94. The Morgan fingerprint density at radius 3 is 3.20 bits per heavy atom. The lowest BCUT2D eigenvalue weighted by Crippen LogP contribution is -2.12. The molecule has 0 fully saturated rings. The van der Waals surface area contributed by atoms with Gasteiger partial charge in [0.2, 0.25) is 0 Å². The molecular formula is C11H16N2O2. The number of aromatic nitrogens is 2. The van der Waals surface area contributed by atoms with Crippen LogP contribution in [0.2, 0.25) is 0 Å². The zero-order valence-corrected chi connectivity index (χ0v) is 8.94. The molecule has 0 bridgehead atoms. The van der Waals surface area contributed by atoms with Crippen molar-refractivity contribution in [3.8, 4) is 0 Å². The fourth-order valence-electron chi connectivity index (χ4n) is 2.11. The minimum absolute atomic E-state index is 0.171.